The topological polar surface area (TPSA) is 49.9 Å². The van der Waals surface area contributed by atoms with Crippen molar-refractivity contribution < 1.29 is 0 Å². The molecule has 0 bridgehead atoms. The van der Waals surface area contributed by atoms with E-state index in [2.05, 4.69) is 11.8 Å². The van der Waals surface area contributed by atoms with Crippen molar-refractivity contribution in [3.05, 3.63) is 35.9 Å². The summed E-state index contributed by atoms with van der Waals surface area (Å²) in [5.74, 6) is 6.48. The summed E-state index contributed by atoms with van der Waals surface area (Å²) >= 11 is 1.24. The SMILES string of the molecule is N=C(N)SCC#Cc1ccccc1. The van der Waals surface area contributed by atoms with Gasteiger partial charge in [-0.2, -0.15) is 0 Å². The Morgan fingerprint density at radius 2 is 2.08 bits per heavy atom. The molecule has 0 unspecified atom stereocenters. The Labute approximate surface area is 82.0 Å². The molecule has 0 aliphatic heterocycles. The summed E-state index contributed by atoms with van der Waals surface area (Å²) in [7, 11) is 0. The molecule has 13 heavy (non-hydrogen) atoms. The minimum atomic E-state index is 0.113. The zero-order valence-corrected chi connectivity index (χ0v) is 7.90. The second-order valence-electron chi connectivity index (χ2n) is 2.32. The third-order valence-electron chi connectivity index (χ3n) is 1.31. The Morgan fingerprint density at radius 1 is 1.38 bits per heavy atom. The highest BCUT2D eigenvalue weighted by Crippen LogP contribution is 1.97. The second-order valence-corrected chi connectivity index (χ2v) is 3.34. The molecule has 0 aliphatic carbocycles. The van der Waals surface area contributed by atoms with Crippen molar-refractivity contribution in [2.45, 2.75) is 0 Å². The number of thioether (sulfide) groups is 1. The van der Waals surface area contributed by atoms with Crippen molar-refractivity contribution >= 4 is 16.9 Å². The average Bonchev–Trinajstić information content (AvgIpc) is 2.14. The first-order valence-electron chi connectivity index (χ1n) is 3.80. The van der Waals surface area contributed by atoms with Crippen molar-refractivity contribution in [2.75, 3.05) is 5.75 Å². The quantitative estimate of drug-likeness (QED) is 0.402. The second kappa shape index (κ2) is 5.28. The number of nitrogens with two attached hydrogens (primary N) is 1. The lowest BCUT2D eigenvalue weighted by Gasteiger charge is -1.88. The fraction of sp³-hybridized carbons (Fsp3) is 0.100. The van der Waals surface area contributed by atoms with Gasteiger partial charge < -0.3 is 5.73 Å². The highest BCUT2D eigenvalue weighted by molar-refractivity contribution is 8.13. The predicted octanol–water partition coefficient (Wildman–Crippen LogP) is 1.66. The van der Waals surface area contributed by atoms with Gasteiger partial charge in [-0.3, -0.25) is 5.41 Å². The van der Waals surface area contributed by atoms with Gasteiger partial charge in [0.2, 0.25) is 0 Å². The first-order chi connectivity index (χ1) is 6.29. The molecule has 1 rings (SSSR count). The van der Waals surface area contributed by atoms with Crippen molar-refractivity contribution in [3.63, 3.8) is 0 Å². The molecule has 0 atom stereocenters. The number of amidine groups is 1. The Balaban J connectivity index is 2.44. The maximum atomic E-state index is 6.95. The minimum Gasteiger partial charge on any atom is -0.379 e. The zero-order chi connectivity index (χ0) is 9.52. The molecule has 66 valence electrons. The maximum absolute atomic E-state index is 6.95. The van der Waals surface area contributed by atoms with Crippen LogP contribution in [0.2, 0.25) is 0 Å². The van der Waals surface area contributed by atoms with E-state index in [1.807, 2.05) is 30.3 Å². The van der Waals surface area contributed by atoms with Gasteiger partial charge in [-0.1, -0.05) is 41.8 Å². The number of benzene rings is 1. The highest BCUT2D eigenvalue weighted by atomic mass is 32.2. The van der Waals surface area contributed by atoms with E-state index in [0.717, 1.165) is 5.56 Å². The maximum Gasteiger partial charge on any atom is 0.151 e. The molecule has 0 aliphatic rings. The lowest BCUT2D eigenvalue weighted by atomic mass is 10.2. The van der Waals surface area contributed by atoms with Crippen LogP contribution in [0, 0.1) is 17.3 Å². The molecule has 0 saturated heterocycles. The van der Waals surface area contributed by atoms with Crippen LogP contribution in [0.1, 0.15) is 5.56 Å². The minimum absolute atomic E-state index is 0.113. The Hall–Kier alpha value is -1.40. The molecule has 0 amide bonds. The number of rotatable bonds is 1. The van der Waals surface area contributed by atoms with Gasteiger partial charge in [-0.05, 0) is 12.1 Å². The summed E-state index contributed by atoms with van der Waals surface area (Å²) < 4.78 is 0. The third-order valence-corrected chi connectivity index (χ3v) is 1.91. The van der Waals surface area contributed by atoms with E-state index in [1.165, 1.54) is 11.8 Å². The fourth-order valence-corrected chi connectivity index (χ4v) is 1.07. The van der Waals surface area contributed by atoms with Gasteiger partial charge >= 0.3 is 0 Å². The molecule has 3 heteroatoms. The summed E-state index contributed by atoms with van der Waals surface area (Å²) in [6, 6.07) is 9.75. The molecule has 0 aromatic heterocycles. The van der Waals surface area contributed by atoms with Gasteiger partial charge in [0.05, 0.1) is 5.75 Å². The van der Waals surface area contributed by atoms with Crippen molar-refractivity contribution in [1.82, 2.24) is 0 Å². The third kappa shape index (κ3) is 4.24. The van der Waals surface area contributed by atoms with Crippen LogP contribution in [-0.4, -0.2) is 10.9 Å². The summed E-state index contributed by atoms with van der Waals surface area (Å²) in [5, 5.41) is 7.06. The summed E-state index contributed by atoms with van der Waals surface area (Å²) in [6.45, 7) is 0. The van der Waals surface area contributed by atoms with Crippen LogP contribution in [0.4, 0.5) is 0 Å². The molecule has 0 heterocycles. The van der Waals surface area contributed by atoms with Crippen LogP contribution >= 0.6 is 11.8 Å². The fourth-order valence-electron chi connectivity index (χ4n) is 0.773. The van der Waals surface area contributed by atoms with E-state index in [0.29, 0.717) is 5.75 Å². The van der Waals surface area contributed by atoms with Crippen LogP contribution in [-0.2, 0) is 0 Å². The van der Waals surface area contributed by atoms with Crippen LogP contribution in [0.25, 0.3) is 0 Å². The molecular weight excluding hydrogens is 180 g/mol. The molecular formula is C10H10N2S. The van der Waals surface area contributed by atoms with Gasteiger partial charge in [0.15, 0.2) is 5.17 Å². The first kappa shape index (κ1) is 9.69. The van der Waals surface area contributed by atoms with Crippen LogP contribution in [0.3, 0.4) is 0 Å². The van der Waals surface area contributed by atoms with Gasteiger partial charge in [-0.15, -0.1) is 0 Å². The predicted molar refractivity (Wildman–Crippen MR) is 57.7 cm³/mol. The largest absolute Gasteiger partial charge is 0.379 e. The Kier molecular flexibility index (Phi) is 3.94. The lowest BCUT2D eigenvalue weighted by molar-refractivity contribution is 1.50. The molecule has 3 N–H and O–H groups in total. The molecule has 0 radical (unpaired) electrons. The number of hydrogen-bond donors (Lipinski definition) is 2. The summed E-state index contributed by atoms with van der Waals surface area (Å²) in [4.78, 5) is 0. The number of hydrogen-bond acceptors (Lipinski definition) is 2. The van der Waals surface area contributed by atoms with Crippen molar-refractivity contribution in [1.29, 1.82) is 5.41 Å². The van der Waals surface area contributed by atoms with E-state index in [1.54, 1.807) is 0 Å². The smallest absolute Gasteiger partial charge is 0.151 e. The van der Waals surface area contributed by atoms with Crippen molar-refractivity contribution in [2.24, 2.45) is 5.73 Å². The van der Waals surface area contributed by atoms with E-state index < -0.39 is 0 Å². The van der Waals surface area contributed by atoms with E-state index in [4.69, 9.17) is 11.1 Å². The lowest BCUT2D eigenvalue weighted by Crippen LogP contribution is -2.03. The van der Waals surface area contributed by atoms with E-state index in [9.17, 15) is 0 Å². The standard InChI is InChI=1S/C10H10N2S/c11-10(12)13-8-4-7-9-5-2-1-3-6-9/h1-3,5-6H,8H2,(H3,11,12). The molecule has 2 nitrogen and oxygen atoms in total. The molecule has 1 aromatic carbocycles. The van der Waals surface area contributed by atoms with Crippen LogP contribution < -0.4 is 5.73 Å². The number of nitrogens with one attached hydrogen (secondary N) is 1. The van der Waals surface area contributed by atoms with Gasteiger partial charge in [0.1, 0.15) is 0 Å². The van der Waals surface area contributed by atoms with Crippen LogP contribution in [0.15, 0.2) is 30.3 Å². The summed E-state index contributed by atoms with van der Waals surface area (Å²) in [5.41, 5.74) is 6.14. The summed E-state index contributed by atoms with van der Waals surface area (Å²) in [6.07, 6.45) is 0. The monoisotopic (exact) mass is 190 g/mol. The van der Waals surface area contributed by atoms with Gasteiger partial charge in [0, 0.05) is 5.56 Å². The molecule has 0 spiro atoms. The van der Waals surface area contributed by atoms with Crippen molar-refractivity contribution in [3.8, 4) is 11.8 Å². The first-order valence-corrected chi connectivity index (χ1v) is 4.78. The van der Waals surface area contributed by atoms with Gasteiger partial charge in [-0.25, -0.2) is 0 Å². The molecule has 0 saturated carbocycles. The van der Waals surface area contributed by atoms with Crippen LogP contribution in [0.5, 0.6) is 0 Å². The Morgan fingerprint density at radius 3 is 2.69 bits per heavy atom. The molecule has 0 fully saturated rings. The normalized spacial score (nSPS) is 8.62. The highest BCUT2D eigenvalue weighted by Gasteiger charge is 1.85. The van der Waals surface area contributed by atoms with Gasteiger partial charge in [0.25, 0.3) is 0 Å². The Bertz CT molecular complexity index is 335. The molecule has 1 aromatic rings. The average molecular weight is 190 g/mol. The van der Waals surface area contributed by atoms with E-state index >= 15 is 0 Å². The van der Waals surface area contributed by atoms with E-state index in [-0.39, 0.29) is 5.17 Å². The zero-order valence-electron chi connectivity index (χ0n) is 7.08.